The Hall–Kier alpha value is -2.99. The van der Waals surface area contributed by atoms with Gasteiger partial charge in [0.1, 0.15) is 0 Å². The molecule has 1 aromatic carbocycles. The smallest absolute Gasteiger partial charge is 0.315 e. The normalized spacial score (nSPS) is 18.8. The van der Waals surface area contributed by atoms with Crippen LogP contribution in [0.4, 0.5) is 9.93 Å². The molecule has 1 aliphatic carbocycles. The number of fused-ring (bicyclic) bond motifs is 1. The number of aryl methyl sites for hydroxylation is 1. The number of amides is 2. The van der Waals surface area contributed by atoms with Crippen molar-refractivity contribution in [1.82, 2.24) is 15.3 Å². The average molecular weight is 405 g/mol. The fourth-order valence-corrected chi connectivity index (χ4v) is 4.54. The molecule has 2 aromatic heterocycles. The topological polar surface area (TPSA) is 66.9 Å². The molecular weight excluding hydrogens is 380 g/mol. The van der Waals surface area contributed by atoms with Crippen molar-refractivity contribution in [1.29, 1.82) is 0 Å². The quantitative estimate of drug-likeness (QED) is 0.557. The predicted octanol–water partition coefficient (Wildman–Crippen LogP) is 5.60. The monoisotopic (exact) mass is 404 g/mol. The maximum Gasteiger partial charge on any atom is 0.324 e. The lowest BCUT2D eigenvalue weighted by atomic mass is 9.85. The summed E-state index contributed by atoms with van der Waals surface area (Å²) in [6, 6.07) is 12.1. The molecular formula is C23H24N4OS. The second-order valence-electron chi connectivity index (χ2n) is 7.33. The first kappa shape index (κ1) is 19.3. The largest absolute Gasteiger partial charge is 0.324 e. The van der Waals surface area contributed by atoms with Crippen LogP contribution < -0.4 is 10.6 Å². The number of aromatic nitrogens is 2. The second kappa shape index (κ2) is 9.01. The van der Waals surface area contributed by atoms with Gasteiger partial charge in [-0.15, -0.1) is 11.3 Å². The van der Waals surface area contributed by atoms with E-state index in [1.54, 1.807) is 18.6 Å². The first-order valence-electron chi connectivity index (χ1n) is 9.88. The van der Waals surface area contributed by atoms with Crippen LogP contribution in [0.15, 0.2) is 66.4 Å². The second-order valence-corrected chi connectivity index (χ2v) is 8.18. The highest BCUT2D eigenvalue weighted by molar-refractivity contribution is 7.14. The minimum atomic E-state index is -0.286. The van der Waals surface area contributed by atoms with Gasteiger partial charge in [0.15, 0.2) is 5.13 Å². The lowest BCUT2D eigenvalue weighted by Gasteiger charge is -2.20. The molecule has 3 aromatic rings. The van der Waals surface area contributed by atoms with Gasteiger partial charge in [-0.05, 0) is 48.4 Å². The zero-order valence-corrected chi connectivity index (χ0v) is 17.2. The lowest BCUT2D eigenvalue weighted by molar-refractivity contribution is 0.255. The summed E-state index contributed by atoms with van der Waals surface area (Å²) >= 11 is 1.40. The molecule has 2 unspecified atom stereocenters. The van der Waals surface area contributed by atoms with E-state index in [0.29, 0.717) is 17.0 Å². The van der Waals surface area contributed by atoms with E-state index in [1.165, 1.54) is 35.3 Å². The third-order valence-electron chi connectivity index (χ3n) is 5.35. The van der Waals surface area contributed by atoms with Gasteiger partial charge in [0.2, 0.25) is 0 Å². The molecule has 0 saturated carbocycles. The van der Waals surface area contributed by atoms with Gasteiger partial charge in [-0.25, -0.2) is 9.78 Å². The molecule has 1 aliphatic rings. The van der Waals surface area contributed by atoms with Crippen LogP contribution in [0.1, 0.15) is 36.8 Å². The van der Waals surface area contributed by atoms with E-state index in [0.717, 1.165) is 17.7 Å². The van der Waals surface area contributed by atoms with E-state index in [-0.39, 0.29) is 6.03 Å². The SMILES string of the molecule is CC1CCCc2ccccc2C1C=CNC(=O)Nc1nc(-c2ccncc2)cs1. The summed E-state index contributed by atoms with van der Waals surface area (Å²) in [6.45, 7) is 2.29. The highest BCUT2D eigenvalue weighted by Crippen LogP contribution is 2.35. The average Bonchev–Trinajstić information content (AvgIpc) is 3.14. The van der Waals surface area contributed by atoms with Crippen LogP contribution in [-0.4, -0.2) is 16.0 Å². The Kier molecular flexibility index (Phi) is 6.00. The highest BCUT2D eigenvalue weighted by atomic mass is 32.1. The van der Waals surface area contributed by atoms with Crippen LogP contribution in [0.3, 0.4) is 0 Å². The van der Waals surface area contributed by atoms with Crippen LogP contribution in [0.5, 0.6) is 0 Å². The van der Waals surface area contributed by atoms with Gasteiger partial charge in [-0.3, -0.25) is 10.3 Å². The number of nitrogens with zero attached hydrogens (tertiary/aromatic N) is 2. The van der Waals surface area contributed by atoms with Gasteiger partial charge >= 0.3 is 6.03 Å². The number of carbonyl (C=O) groups is 1. The van der Waals surface area contributed by atoms with Crippen molar-refractivity contribution in [3.63, 3.8) is 0 Å². The number of rotatable bonds is 4. The van der Waals surface area contributed by atoms with E-state index in [2.05, 4.69) is 57.9 Å². The molecule has 0 spiro atoms. The third kappa shape index (κ3) is 4.71. The molecule has 2 heterocycles. The molecule has 148 valence electrons. The minimum Gasteiger partial charge on any atom is -0.315 e. The number of anilines is 1. The molecule has 0 radical (unpaired) electrons. The van der Waals surface area contributed by atoms with E-state index in [1.807, 2.05) is 17.5 Å². The van der Waals surface area contributed by atoms with E-state index in [4.69, 9.17) is 0 Å². The number of hydrogen-bond acceptors (Lipinski definition) is 4. The molecule has 5 nitrogen and oxygen atoms in total. The van der Waals surface area contributed by atoms with Crippen LogP contribution in [-0.2, 0) is 6.42 Å². The Morgan fingerprint density at radius 1 is 1.21 bits per heavy atom. The number of nitrogens with one attached hydrogen (secondary N) is 2. The van der Waals surface area contributed by atoms with Gasteiger partial charge in [0.25, 0.3) is 0 Å². The molecule has 6 heteroatoms. The van der Waals surface area contributed by atoms with Crippen molar-refractivity contribution in [2.24, 2.45) is 5.92 Å². The van der Waals surface area contributed by atoms with Gasteiger partial charge in [0, 0.05) is 35.5 Å². The molecule has 0 fully saturated rings. The van der Waals surface area contributed by atoms with Crippen molar-refractivity contribution in [2.75, 3.05) is 5.32 Å². The van der Waals surface area contributed by atoms with Crippen molar-refractivity contribution in [3.8, 4) is 11.3 Å². The standard InChI is InChI=1S/C23H24N4OS/c1-16-5-4-7-17-6-2-3-8-20(17)19(16)11-14-25-22(28)27-23-26-21(15-29-23)18-9-12-24-13-10-18/h2-3,6,8-16,19H,4-5,7H2,1H3,(H2,25,26,27,28). The minimum absolute atomic E-state index is 0.286. The third-order valence-corrected chi connectivity index (χ3v) is 6.11. The zero-order chi connectivity index (χ0) is 20.1. The Morgan fingerprint density at radius 3 is 2.90 bits per heavy atom. The summed E-state index contributed by atoms with van der Waals surface area (Å²) in [4.78, 5) is 20.8. The van der Waals surface area contributed by atoms with Gasteiger partial charge in [-0.1, -0.05) is 37.3 Å². The summed E-state index contributed by atoms with van der Waals surface area (Å²) < 4.78 is 0. The molecule has 4 rings (SSSR count). The van der Waals surface area contributed by atoms with Crippen molar-refractivity contribution < 1.29 is 4.79 Å². The Bertz CT molecular complexity index is 999. The van der Waals surface area contributed by atoms with Crippen molar-refractivity contribution in [2.45, 2.75) is 32.1 Å². The van der Waals surface area contributed by atoms with Crippen LogP contribution >= 0.6 is 11.3 Å². The summed E-state index contributed by atoms with van der Waals surface area (Å²) in [5, 5.41) is 8.12. The molecule has 2 atom stereocenters. The summed E-state index contributed by atoms with van der Waals surface area (Å²) in [6.07, 6.45) is 10.8. The Labute approximate surface area is 174 Å². The number of pyridine rings is 1. The van der Waals surface area contributed by atoms with E-state index < -0.39 is 0 Å². The first-order chi connectivity index (χ1) is 14.2. The molecule has 0 saturated heterocycles. The van der Waals surface area contributed by atoms with Gasteiger partial charge in [-0.2, -0.15) is 0 Å². The Morgan fingerprint density at radius 2 is 2.03 bits per heavy atom. The van der Waals surface area contributed by atoms with E-state index >= 15 is 0 Å². The summed E-state index contributed by atoms with van der Waals surface area (Å²) in [7, 11) is 0. The van der Waals surface area contributed by atoms with Crippen LogP contribution in [0, 0.1) is 5.92 Å². The van der Waals surface area contributed by atoms with Crippen molar-refractivity contribution >= 4 is 22.5 Å². The summed E-state index contributed by atoms with van der Waals surface area (Å²) in [5.74, 6) is 0.855. The fraction of sp³-hybridized carbons (Fsp3) is 0.261. The maximum absolute atomic E-state index is 12.3. The maximum atomic E-state index is 12.3. The lowest BCUT2D eigenvalue weighted by Crippen LogP contribution is -2.24. The molecule has 2 N–H and O–H groups in total. The van der Waals surface area contributed by atoms with E-state index in [9.17, 15) is 4.79 Å². The van der Waals surface area contributed by atoms with Crippen molar-refractivity contribution in [3.05, 3.63) is 77.6 Å². The number of urea groups is 1. The Balaban J connectivity index is 1.38. The molecule has 0 aliphatic heterocycles. The van der Waals surface area contributed by atoms with Gasteiger partial charge in [0.05, 0.1) is 5.69 Å². The van der Waals surface area contributed by atoms with Gasteiger partial charge < -0.3 is 5.32 Å². The number of hydrogen-bond donors (Lipinski definition) is 2. The molecule has 0 bridgehead atoms. The fourth-order valence-electron chi connectivity index (χ4n) is 3.83. The molecule has 2 amide bonds. The van der Waals surface area contributed by atoms with Crippen LogP contribution in [0.25, 0.3) is 11.3 Å². The molecule has 29 heavy (non-hydrogen) atoms. The highest BCUT2D eigenvalue weighted by Gasteiger charge is 2.22. The number of benzene rings is 1. The number of thiazole rings is 1. The predicted molar refractivity (Wildman–Crippen MR) is 118 cm³/mol. The number of allylic oxidation sites excluding steroid dienone is 1. The first-order valence-corrected chi connectivity index (χ1v) is 10.8. The zero-order valence-electron chi connectivity index (χ0n) is 16.3. The number of carbonyl (C=O) groups excluding carboxylic acids is 1. The summed E-state index contributed by atoms with van der Waals surface area (Å²) in [5.41, 5.74) is 4.60. The van der Waals surface area contributed by atoms with Crippen LogP contribution in [0.2, 0.25) is 0 Å².